The highest BCUT2D eigenvalue weighted by Gasteiger charge is 2.11. The van der Waals surface area contributed by atoms with Gasteiger partial charge in [0, 0.05) is 21.8 Å². The van der Waals surface area contributed by atoms with Gasteiger partial charge in [-0.25, -0.2) is 4.98 Å². The smallest absolute Gasteiger partial charge is 0.119 e. The van der Waals surface area contributed by atoms with E-state index in [0.29, 0.717) is 0 Å². The van der Waals surface area contributed by atoms with E-state index >= 15 is 0 Å². The third kappa shape index (κ3) is 2.64. The molecule has 0 aliphatic rings. The van der Waals surface area contributed by atoms with Crippen molar-refractivity contribution in [3.05, 3.63) is 84.9 Å². The van der Waals surface area contributed by atoms with Crippen LogP contribution in [0.4, 0.5) is 11.4 Å². The molecule has 0 radical (unpaired) electrons. The molecular weight excluding hydrogens is 332 g/mol. The molecule has 0 bridgehead atoms. The van der Waals surface area contributed by atoms with Crippen molar-refractivity contribution in [3.8, 4) is 5.75 Å². The monoisotopic (exact) mass is 350 g/mol. The SMILES string of the molecule is COc1ccc(Nc2c3ccccc3nc3c2ccc2ccccc23)cc1. The minimum Gasteiger partial charge on any atom is -0.497 e. The maximum absolute atomic E-state index is 5.27. The van der Waals surface area contributed by atoms with Crippen LogP contribution < -0.4 is 10.1 Å². The molecule has 3 nitrogen and oxygen atoms in total. The van der Waals surface area contributed by atoms with E-state index in [9.17, 15) is 0 Å². The molecule has 3 heteroatoms. The summed E-state index contributed by atoms with van der Waals surface area (Å²) >= 11 is 0. The predicted molar refractivity (Wildman–Crippen MR) is 113 cm³/mol. The maximum atomic E-state index is 5.27. The highest BCUT2D eigenvalue weighted by atomic mass is 16.5. The quantitative estimate of drug-likeness (QED) is 0.306. The fourth-order valence-electron chi connectivity index (χ4n) is 3.58. The van der Waals surface area contributed by atoms with E-state index in [-0.39, 0.29) is 0 Å². The van der Waals surface area contributed by atoms with Gasteiger partial charge in [-0.15, -0.1) is 0 Å². The van der Waals surface area contributed by atoms with E-state index in [2.05, 4.69) is 59.9 Å². The van der Waals surface area contributed by atoms with Gasteiger partial charge in [0.2, 0.25) is 0 Å². The van der Waals surface area contributed by atoms with Gasteiger partial charge >= 0.3 is 0 Å². The van der Waals surface area contributed by atoms with Crippen LogP contribution >= 0.6 is 0 Å². The normalized spacial score (nSPS) is 11.1. The summed E-state index contributed by atoms with van der Waals surface area (Å²) in [6.07, 6.45) is 0. The number of hydrogen-bond donors (Lipinski definition) is 1. The van der Waals surface area contributed by atoms with Crippen molar-refractivity contribution >= 4 is 44.0 Å². The molecule has 0 fully saturated rings. The van der Waals surface area contributed by atoms with Crippen molar-refractivity contribution in [2.24, 2.45) is 0 Å². The number of para-hydroxylation sites is 1. The molecule has 4 aromatic carbocycles. The molecule has 0 spiro atoms. The van der Waals surface area contributed by atoms with Gasteiger partial charge in [0.1, 0.15) is 5.75 Å². The Morgan fingerprint density at radius 3 is 2.26 bits per heavy atom. The molecular formula is C24H18N2O. The molecule has 0 aliphatic heterocycles. The first-order valence-electron chi connectivity index (χ1n) is 8.95. The molecule has 0 atom stereocenters. The Balaban J connectivity index is 1.80. The number of anilines is 2. The molecule has 5 aromatic rings. The fourth-order valence-corrected chi connectivity index (χ4v) is 3.58. The number of aromatic nitrogens is 1. The van der Waals surface area contributed by atoms with Crippen molar-refractivity contribution in [2.75, 3.05) is 12.4 Å². The van der Waals surface area contributed by atoms with E-state index in [1.807, 2.05) is 30.3 Å². The molecule has 0 unspecified atom stereocenters. The number of ether oxygens (including phenoxy) is 1. The number of rotatable bonds is 3. The van der Waals surface area contributed by atoms with Gasteiger partial charge < -0.3 is 10.1 Å². The summed E-state index contributed by atoms with van der Waals surface area (Å²) in [6.45, 7) is 0. The molecule has 1 N–H and O–H groups in total. The Labute approximate surface area is 157 Å². The maximum Gasteiger partial charge on any atom is 0.119 e. The predicted octanol–water partition coefficient (Wildman–Crippen LogP) is 6.29. The second-order valence-electron chi connectivity index (χ2n) is 6.54. The van der Waals surface area contributed by atoms with E-state index in [1.165, 1.54) is 10.8 Å². The fraction of sp³-hybridized carbons (Fsp3) is 0.0417. The van der Waals surface area contributed by atoms with Gasteiger partial charge in [0.15, 0.2) is 0 Å². The van der Waals surface area contributed by atoms with Crippen molar-refractivity contribution < 1.29 is 4.74 Å². The second kappa shape index (κ2) is 6.29. The summed E-state index contributed by atoms with van der Waals surface area (Å²) in [4.78, 5) is 4.98. The van der Waals surface area contributed by atoms with Crippen LogP contribution in [0.15, 0.2) is 84.9 Å². The summed E-state index contributed by atoms with van der Waals surface area (Å²) in [7, 11) is 1.68. The van der Waals surface area contributed by atoms with Gasteiger partial charge in [-0.05, 0) is 35.7 Å². The topological polar surface area (TPSA) is 34.1 Å². The van der Waals surface area contributed by atoms with Crippen molar-refractivity contribution in [3.63, 3.8) is 0 Å². The summed E-state index contributed by atoms with van der Waals surface area (Å²) in [5.41, 5.74) is 4.09. The number of benzene rings is 4. The van der Waals surface area contributed by atoms with Crippen LogP contribution in [0.5, 0.6) is 5.75 Å². The molecule has 5 rings (SSSR count). The van der Waals surface area contributed by atoms with E-state index in [4.69, 9.17) is 9.72 Å². The van der Waals surface area contributed by atoms with Gasteiger partial charge in [-0.2, -0.15) is 0 Å². The summed E-state index contributed by atoms with van der Waals surface area (Å²) in [5.74, 6) is 0.844. The highest BCUT2D eigenvalue weighted by molar-refractivity contribution is 6.16. The Morgan fingerprint density at radius 2 is 1.44 bits per heavy atom. The lowest BCUT2D eigenvalue weighted by Crippen LogP contribution is -1.96. The average molecular weight is 350 g/mol. The first kappa shape index (κ1) is 15.6. The number of hydrogen-bond acceptors (Lipinski definition) is 3. The molecule has 0 saturated heterocycles. The van der Waals surface area contributed by atoms with Crippen LogP contribution in [-0.4, -0.2) is 12.1 Å². The van der Waals surface area contributed by atoms with Gasteiger partial charge in [-0.3, -0.25) is 0 Å². The number of nitrogens with one attached hydrogen (secondary N) is 1. The lowest BCUT2D eigenvalue weighted by Gasteiger charge is -2.15. The van der Waals surface area contributed by atoms with Gasteiger partial charge in [0.25, 0.3) is 0 Å². The zero-order valence-corrected chi connectivity index (χ0v) is 14.9. The summed E-state index contributed by atoms with van der Waals surface area (Å²) in [6, 6.07) is 28.9. The third-order valence-corrected chi connectivity index (χ3v) is 4.93. The number of fused-ring (bicyclic) bond motifs is 4. The molecule has 1 heterocycles. The minimum absolute atomic E-state index is 0.844. The van der Waals surface area contributed by atoms with Crippen molar-refractivity contribution in [1.82, 2.24) is 4.98 Å². The number of nitrogens with zero attached hydrogens (tertiary/aromatic N) is 1. The lowest BCUT2D eigenvalue weighted by molar-refractivity contribution is 0.415. The minimum atomic E-state index is 0.844. The number of pyridine rings is 1. The first-order valence-corrected chi connectivity index (χ1v) is 8.95. The summed E-state index contributed by atoms with van der Waals surface area (Å²) < 4.78 is 5.27. The largest absolute Gasteiger partial charge is 0.497 e. The molecule has 0 saturated carbocycles. The van der Waals surface area contributed by atoms with Gasteiger partial charge in [0.05, 0.1) is 23.8 Å². The Bertz CT molecular complexity index is 1280. The molecule has 0 aliphatic carbocycles. The van der Waals surface area contributed by atoms with Crippen LogP contribution in [0, 0.1) is 0 Å². The second-order valence-corrected chi connectivity index (χ2v) is 6.54. The average Bonchev–Trinajstić information content (AvgIpc) is 2.74. The molecule has 1 aromatic heterocycles. The number of methoxy groups -OCH3 is 1. The summed E-state index contributed by atoms with van der Waals surface area (Å²) in [5, 5.41) is 8.19. The van der Waals surface area contributed by atoms with Gasteiger partial charge in [-0.1, -0.05) is 54.6 Å². The van der Waals surface area contributed by atoms with Crippen molar-refractivity contribution in [2.45, 2.75) is 0 Å². The van der Waals surface area contributed by atoms with E-state index < -0.39 is 0 Å². The van der Waals surface area contributed by atoms with Crippen LogP contribution in [0.25, 0.3) is 32.6 Å². The molecule has 27 heavy (non-hydrogen) atoms. The van der Waals surface area contributed by atoms with Crippen LogP contribution in [0.3, 0.4) is 0 Å². The van der Waals surface area contributed by atoms with E-state index in [0.717, 1.165) is 38.9 Å². The molecule has 130 valence electrons. The Kier molecular flexibility index (Phi) is 3.65. The zero-order valence-electron chi connectivity index (χ0n) is 14.9. The van der Waals surface area contributed by atoms with Crippen LogP contribution in [0.2, 0.25) is 0 Å². The lowest BCUT2D eigenvalue weighted by atomic mass is 10.0. The van der Waals surface area contributed by atoms with Crippen LogP contribution in [0.1, 0.15) is 0 Å². The molecule has 0 amide bonds. The zero-order chi connectivity index (χ0) is 18.2. The Morgan fingerprint density at radius 1 is 0.704 bits per heavy atom. The van der Waals surface area contributed by atoms with Crippen molar-refractivity contribution in [1.29, 1.82) is 0 Å². The van der Waals surface area contributed by atoms with E-state index in [1.54, 1.807) is 7.11 Å². The van der Waals surface area contributed by atoms with Crippen LogP contribution in [-0.2, 0) is 0 Å². The Hall–Kier alpha value is -3.59. The first-order chi connectivity index (χ1) is 13.3. The third-order valence-electron chi connectivity index (χ3n) is 4.93. The highest BCUT2D eigenvalue weighted by Crippen LogP contribution is 2.36. The standard InChI is InChI=1S/C24H18N2O/c1-27-18-13-11-17(12-14-18)25-24-20-8-4-5-9-22(20)26-23-19-7-3-2-6-16(19)10-15-21(23)24/h2-15H,1H3,(H,25,26).